The van der Waals surface area contributed by atoms with Gasteiger partial charge in [-0.25, -0.2) is 0 Å². The first-order chi connectivity index (χ1) is 23.9. The van der Waals surface area contributed by atoms with Crippen molar-refractivity contribution >= 4 is 11.0 Å². The molecule has 5 nitrogen and oxygen atoms in total. The number of phenolic OH excluding ortho intramolecular Hbond substituents is 1. The topological polar surface area (TPSA) is 68.9 Å². The highest BCUT2D eigenvalue weighted by Gasteiger charge is 2.26. The van der Waals surface area contributed by atoms with Crippen LogP contribution in [0.3, 0.4) is 0 Å². The Bertz CT molecular complexity index is 1810. The Hall–Kier alpha value is -4.51. The molecule has 0 radical (unpaired) electrons. The lowest BCUT2D eigenvalue weighted by Crippen LogP contribution is -2.09. The minimum atomic E-state index is -0.340. The Morgan fingerprint density at radius 2 is 1.14 bits per heavy atom. The minimum Gasteiger partial charge on any atom is -0.504 e. The van der Waals surface area contributed by atoms with Crippen molar-refractivity contribution in [1.29, 1.82) is 0 Å². The highest BCUT2D eigenvalue weighted by atomic mass is 16.5. The van der Waals surface area contributed by atoms with Crippen molar-refractivity contribution in [3.63, 3.8) is 0 Å². The molecule has 0 spiro atoms. The number of fused-ring (bicyclic) bond motifs is 1. The molecule has 3 rings (SSSR count). The van der Waals surface area contributed by atoms with Crippen molar-refractivity contribution in [3.8, 4) is 28.6 Å². The number of hydrogen-bond donors (Lipinski definition) is 1. The molecule has 0 aliphatic carbocycles. The molecule has 0 amide bonds. The Morgan fingerprint density at radius 1 is 0.660 bits per heavy atom. The molecule has 0 aliphatic rings. The van der Waals surface area contributed by atoms with Gasteiger partial charge in [0.2, 0.25) is 5.75 Å². The highest BCUT2D eigenvalue weighted by Crippen LogP contribution is 2.46. The fraction of sp³-hybridized carbons (Fsp3) is 0.400. The van der Waals surface area contributed by atoms with Gasteiger partial charge in [-0.05, 0) is 119 Å². The fourth-order valence-corrected chi connectivity index (χ4v) is 5.49. The Kier molecular flexibility index (Phi) is 16.2. The zero-order valence-electron chi connectivity index (χ0n) is 31.9. The van der Waals surface area contributed by atoms with Gasteiger partial charge in [0.1, 0.15) is 29.9 Å². The van der Waals surface area contributed by atoms with Gasteiger partial charge in [-0.1, -0.05) is 88.1 Å². The lowest BCUT2D eigenvalue weighted by molar-refractivity contribution is 0.291. The third-order valence-electron chi connectivity index (χ3n) is 8.46. The van der Waals surface area contributed by atoms with Crippen LogP contribution >= 0.6 is 0 Å². The highest BCUT2D eigenvalue weighted by molar-refractivity contribution is 5.93. The average Bonchev–Trinajstić information content (AvgIpc) is 3.05. The van der Waals surface area contributed by atoms with E-state index < -0.39 is 0 Å². The molecule has 1 aromatic heterocycles. The summed E-state index contributed by atoms with van der Waals surface area (Å²) in [6.45, 7) is 19.4. The van der Waals surface area contributed by atoms with Crippen LogP contribution in [0.1, 0.15) is 106 Å². The van der Waals surface area contributed by atoms with Gasteiger partial charge in [-0.3, -0.25) is 4.79 Å². The smallest absolute Gasteiger partial charge is 0.205 e. The summed E-state index contributed by atoms with van der Waals surface area (Å²) in [7, 11) is 0. The molecule has 2 aromatic carbocycles. The van der Waals surface area contributed by atoms with Gasteiger partial charge < -0.3 is 19.0 Å². The summed E-state index contributed by atoms with van der Waals surface area (Å²) in [5, 5.41) is 11.8. The molecule has 268 valence electrons. The molecule has 0 unspecified atom stereocenters. The van der Waals surface area contributed by atoms with E-state index in [-0.39, 0.29) is 35.5 Å². The second-order valence-electron chi connectivity index (χ2n) is 14.0. The van der Waals surface area contributed by atoms with E-state index in [9.17, 15) is 9.90 Å². The predicted octanol–water partition coefficient (Wildman–Crippen LogP) is 12.5. The number of allylic oxidation sites excluding steroid dienone is 10. The molecule has 50 heavy (non-hydrogen) atoms. The standard InChI is InChI=1S/C45H58O5/c1-31(2)16-13-19-34(7)24-25-38-43-41(39(46)30-40(50-43)37-22-11-10-12-23-37)42(47)45(49-29-27-36(9)21-15-18-33(5)6)44(38)48-28-26-35(8)20-14-17-32(3)4/h10-12,16-18,22-24,26-27,30,47H,13-15,19-21,25,28-29H2,1-9H3/b34-24+,35-26+,36-27+. The van der Waals surface area contributed by atoms with Gasteiger partial charge in [-0.15, -0.1) is 0 Å². The van der Waals surface area contributed by atoms with Crippen LogP contribution < -0.4 is 14.9 Å². The second kappa shape index (κ2) is 20.2. The average molecular weight is 679 g/mol. The van der Waals surface area contributed by atoms with E-state index in [1.807, 2.05) is 36.4 Å². The van der Waals surface area contributed by atoms with Crippen LogP contribution in [-0.2, 0) is 6.42 Å². The van der Waals surface area contributed by atoms with Crippen molar-refractivity contribution in [2.45, 2.75) is 107 Å². The van der Waals surface area contributed by atoms with Crippen LogP contribution in [0.2, 0.25) is 0 Å². The first-order valence-electron chi connectivity index (χ1n) is 17.9. The molecular weight excluding hydrogens is 620 g/mol. The molecular formula is C45H58O5. The molecule has 1 N–H and O–H groups in total. The molecule has 1 heterocycles. The minimum absolute atomic E-state index is 0.0929. The Labute approximate surface area is 300 Å². The fourth-order valence-electron chi connectivity index (χ4n) is 5.49. The Morgan fingerprint density at radius 3 is 1.64 bits per heavy atom. The first-order valence-corrected chi connectivity index (χ1v) is 17.9. The van der Waals surface area contributed by atoms with Crippen molar-refractivity contribution in [2.75, 3.05) is 13.2 Å². The predicted molar refractivity (Wildman–Crippen MR) is 212 cm³/mol. The van der Waals surface area contributed by atoms with Crippen LogP contribution in [0, 0.1) is 0 Å². The maximum absolute atomic E-state index is 13.8. The normalized spacial score (nSPS) is 12.1. The summed E-state index contributed by atoms with van der Waals surface area (Å²) < 4.78 is 19.4. The number of benzene rings is 2. The third kappa shape index (κ3) is 12.7. The van der Waals surface area contributed by atoms with E-state index in [1.165, 1.54) is 39.5 Å². The van der Waals surface area contributed by atoms with E-state index in [0.29, 0.717) is 29.1 Å². The molecule has 3 aromatic rings. The summed E-state index contributed by atoms with van der Waals surface area (Å²) in [6, 6.07) is 11.0. The number of ether oxygens (including phenoxy) is 2. The summed E-state index contributed by atoms with van der Waals surface area (Å²) >= 11 is 0. The number of hydrogen-bond acceptors (Lipinski definition) is 5. The van der Waals surface area contributed by atoms with E-state index in [0.717, 1.165) is 44.1 Å². The number of rotatable bonds is 18. The van der Waals surface area contributed by atoms with Crippen molar-refractivity contribution < 1.29 is 19.0 Å². The van der Waals surface area contributed by atoms with Crippen LogP contribution in [0.25, 0.3) is 22.3 Å². The molecule has 0 bridgehead atoms. The van der Waals surface area contributed by atoms with Crippen molar-refractivity contribution in [3.05, 3.63) is 122 Å². The molecule has 0 fully saturated rings. The van der Waals surface area contributed by atoms with Gasteiger partial charge >= 0.3 is 0 Å². The third-order valence-corrected chi connectivity index (χ3v) is 8.46. The van der Waals surface area contributed by atoms with Gasteiger partial charge in [0.05, 0.1) is 0 Å². The zero-order valence-corrected chi connectivity index (χ0v) is 31.9. The SMILES string of the molecule is CC(C)=CCC/C(C)=C/COc1c(OC/C=C(\C)CCC=C(C)C)c(O)c2c(=O)cc(-c3ccccc3)oc2c1C/C=C(\C)CCC=C(C)C. The van der Waals surface area contributed by atoms with E-state index in [1.54, 1.807) is 0 Å². The van der Waals surface area contributed by atoms with Crippen LogP contribution in [-0.4, -0.2) is 18.3 Å². The van der Waals surface area contributed by atoms with Crippen LogP contribution in [0.5, 0.6) is 17.2 Å². The van der Waals surface area contributed by atoms with E-state index in [2.05, 4.69) is 92.7 Å². The zero-order chi connectivity index (χ0) is 36.6. The lowest BCUT2D eigenvalue weighted by Gasteiger charge is -2.19. The van der Waals surface area contributed by atoms with Crippen molar-refractivity contribution in [2.24, 2.45) is 0 Å². The second-order valence-corrected chi connectivity index (χ2v) is 14.0. The maximum atomic E-state index is 13.8. The summed E-state index contributed by atoms with van der Waals surface area (Å²) in [4.78, 5) is 13.8. The quantitative estimate of drug-likeness (QED) is 0.136. The van der Waals surface area contributed by atoms with E-state index in [4.69, 9.17) is 13.9 Å². The summed E-state index contributed by atoms with van der Waals surface area (Å²) in [5.41, 5.74) is 8.90. The molecule has 0 saturated carbocycles. The summed E-state index contributed by atoms with van der Waals surface area (Å²) in [6.07, 6.45) is 19.0. The van der Waals surface area contributed by atoms with Crippen LogP contribution in [0.4, 0.5) is 0 Å². The molecule has 0 saturated heterocycles. The maximum Gasteiger partial charge on any atom is 0.205 e. The van der Waals surface area contributed by atoms with Gasteiger partial charge in [0, 0.05) is 17.2 Å². The first kappa shape index (κ1) is 39.9. The van der Waals surface area contributed by atoms with Crippen LogP contribution in [0.15, 0.2) is 116 Å². The van der Waals surface area contributed by atoms with Gasteiger partial charge in [0.25, 0.3) is 0 Å². The van der Waals surface area contributed by atoms with Gasteiger partial charge in [0.15, 0.2) is 16.9 Å². The van der Waals surface area contributed by atoms with Crippen molar-refractivity contribution in [1.82, 2.24) is 0 Å². The molecule has 5 heteroatoms. The largest absolute Gasteiger partial charge is 0.504 e. The van der Waals surface area contributed by atoms with E-state index >= 15 is 0 Å². The summed E-state index contributed by atoms with van der Waals surface area (Å²) in [5.74, 6) is 0.709. The lowest BCUT2D eigenvalue weighted by atomic mass is 10.0. The van der Waals surface area contributed by atoms with Gasteiger partial charge in [-0.2, -0.15) is 0 Å². The number of aromatic hydroxyl groups is 1. The monoisotopic (exact) mass is 678 g/mol. The molecule has 0 atom stereocenters. The molecule has 0 aliphatic heterocycles. The Balaban J connectivity index is 2.18. The number of phenols is 1.